The standard InChI is InChI=1S/C24H22FN3O/c1-3-11-26-24(29)18-13-21(16(2)22(25)14-18)17-9-10-23-19(12-17)15-27-28(23)20-7-5-4-6-8-20/h4-10,12-15H,3,11H2,1-2H3,(H,26,29). The second-order valence-corrected chi connectivity index (χ2v) is 7.05. The van der Waals surface area contributed by atoms with Crippen LogP contribution in [0.3, 0.4) is 0 Å². The summed E-state index contributed by atoms with van der Waals surface area (Å²) in [5, 5.41) is 8.26. The van der Waals surface area contributed by atoms with Gasteiger partial charge in [0, 0.05) is 17.5 Å². The Kier molecular flexibility index (Phi) is 5.12. The molecule has 1 heterocycles. The number of rotatable bonds is 5. The number of benzene rings is 3. The van der Waals surface area contributed by atoms with Gasteiger partial charge in [0.05, 0.1) is 17.4 Å². The molecule has 4 rings (SSSR count). The molecular formula is C24H22FN3O. The number of halogens is 1. The highest BCUT2D eigenvalue weighted by molar-refractivity contribution is 5.96. The average Bonchev–Trinajstić information content (AvgIpc) is 3.17. The minimum absolute atomic E-state index is 0.259. The van der Waals surface area contributed by atoms with Crippen molar-refractivity contribution in [3.05, 3.63) is 83.8 Å². The van der Waals surface area contributed by atoms with Crippen LogP contribution in [0.15, 0.2) is 66.9 Å². The molecule has 0 unspecified atom stereocenters. The molecule has 4 aromatic rings. The first-order valence-corrected chi connectivity index (χ1v) is 9.70. The van der Waals surface area contributed by atoms with Crippen LogP contribution in [-0.2, 0) is 0 Å². The molecule has 1 amide bonds. The lowest BCUT2D eigenvalue weighted by molar-refractivity contribution is 0.0953. The van der Waals surface area contributed by atoms with E-state index in [4.69, 9.17) is 0 Å². The summed E-state index contributed by atoms with van der Waals surface area (Å²) in [6.45, 7) is 4.27. The van der Waals surface area contributed by atoms with Gasteiger partial charge in [-0.3, -0.25) is 4.79 Å². The second kappa shape index (κ2) is 7.87. The van der Waals surface area contributed by atoms with E-state index >= 15 is 0 Å². The zero-order valence-corrected chi connectivity index (χ0v) is 16.4. The molecule has 3 aromatic carbocycles. The Hall–Kier alpha value is -3.47. The van der Waals surface area contributed by atoms with E-state index < -0.39 is 0 Å². The van der Waals surface area contributed by atoms with Gasteiger partial charge in [-0.2, -0.15) is 5.10 Å². The number of nitrogens with one attached hydrogen (secondary N) is 1. The van der Waals surface area contributed by atoms with Crippen molar-refractivity contribution in [2.45, 2.75) is 20.3 Å². The molecule has 5 heteroatoms. The lowest BCUT2D eigenvalue weighted by Crippen LogP contribution is -2.24. The number of fused-ring (bicyclic) bond motifs is 1. The third-order valence-electron chi connectivity index (χ3n) is 5.02. The molecule has 0 aliphatic carbocycles. The number of para-hydroxylation sites is 1. The van der Waals surface area contributed by atoms with Crippen LogP contribution in [0.1, 0.15) is 29.3 Å². The summed E-state index contributed by atoms with van der Waals surface area (Å²) in [6.07, 6.45) is 2.63. The molecule has 1 N–H and O–H groups in total. The van der Waals surface area contributed by atoms with Crippen LogP contribution in [0.5, 0.6) is 0 Å². The minimum atomic E-state index is -0.385. The van der Waals surface area contributed by atoms with Crippen molar-refractivity contribution < 1.29 is 9.18 Å². The summed E-state index contributed by atoms with van der Waals surface area (Å²) in [6, 6.07) is 18.9. The van der Waals surface area contributed by atoms with Gasteiger partial charge in [-0.1, -0.05) is 31.2 Å². The van der Waals surface area contributed by atoms with E-state index in [0.29, 0.717) is 23.2 Å². The number of hydrogen-bond acceptors (Lipinski definition) is 2. The largest absolute Gasteiger partial charge is 0.352 e. The first-order chi connectivity index (χ1) is 14.1. The third-order valence-corrected chi connectivity index (χ3v) is 5.02. The van der Waals surface area contributed by atoms with Crippen molar-refractivity contribution >= 4 is 16.8 Å². The molecule has 4 nitrogen and oxygen atoms in total. The quantitative estimate of drug-likeness (QED) is 0.506. The molecule has 1 aromatic heterocycles. The van der Waals surface area contributed by atoms with Gasteiger partial charge in [0.2, 0.25) is 0 Å². The zero-order valence-electron chi connectivity index (χ0n) is 16.4. The van der Waals surface area contributed by atoms with Gasteiger partial charge in [0.25, 0.3) is 5.91 Å². The predicted octanol–water partition coefficient (Wildman–Crippen LogP) is 5.28. The van der Waals surface area contributed by atoms with Gasteiger partial charge >= 0.3 is 0 Å². The maximum absolute atomic E-state index is 14.6. The zero-order chi connectivity index (χ0) is 20.4. The van der Waals surface area contributed by atoms with Gasteiger partial charge in [0.15, 0.2) is 0 Å². The fraction of sp³-hybridized carbons (Fsp3) is 0.167. The van der Waals surface area contributed by atoms with Crippen LogP contribution in [0.25, 0.3) is 27.7 Å². The molecule has 0 radical (unpaired) electrons. The number of carbonyl (C=O) groups excluding carboxylic acids is 1. The highest BCUT2D eigenvalue weighted by Gasteiger charge is 2.15. The topological polar surface area (TPSA) is 46.9 Å². The number of nitrogens with zero attached hydrogens (tertiary/aromatic N) is 2. The Labute approximate surface area is 169 Å². The third kappa shape index (κ3) is 3.63. The summed E-state index contributed by atoms with van der Waals surface area (Å²) in [5.41, 5.74) is 4.36. The van der Waals surface area contributed by atoms with E-state index in [-0.39, 0.29) is 11.7 Å². The maximum Gasteiger partial charge on any atom is 0.251 e. The van der Waals surface area contributed by atoms with Crippen molar-refractivity contribution in [2.75, 3.05) is 6.54 Å². The number of aromatic nitrogens is 2. The summed E-state index contributed by atoms with van der Waals surface area (Å²) in [7, 11) is 0. The van der Waals surface area contributed by atoms with E-state index in [2.05, 4.69) is 10.4 Å². The van der Waals surface area contributed by atoms with Crippen LogP contribution < -0.4 is 5.32 Å². The number of amides is 1. The minimum Gasteiger partial charge on any atom is -0.352 e. The molecule has 0 saturated carbocycles. The van der Waals surface area contributed by atoms with Crippen molar-refractivity contribution in [1.29, 1.82) is 0 Å². The molecule has 29 heavy (non-hydrogen) atoms. The number of carbonyl (C=O) groups is 1. The fourth-order valence-corrected chi connectivity index (χ4v) is 3.43. The van der Waals surface area contributed by atoms with Gasteiger partial charge in [-0.15, -0.1) is 0 Å². The predicted molar refractivity (Wildman–Crippen MR) is 114 cm³/mol. The Morgan fingerprint density at radius 2 is 1.90 bits per heavy atom. The second-order valence-electron chi connectivity index (χ2n) is 7.05. The van der Waals surface area contributed by atoms with Crippen LogP contribution in [-0.4, -0.2) is 22.2 Å². The van der Waals surface area contributed by atoms with Crippen LogP contribution in [0.2, 0.25) is 0 Å². The fourth-order valence-electron chi connectivity index (χ4n) is 3.43. The van der Waals surface area contributed by atoms with E-state index in [1.54, 1.807) is 19.2 Å². The van der Waals surface area contributed by atoms with Crippen molar-refractivity contribution in [3.63, 3.8) is 0 Å². The molecule has 0 saturated heterocycles. The average molecular weight is 387 g/mol. The van der Waals surface area contributed by atoms with Crippen LogP contribution >= 0.6 is 0 Å². The molecule has 0 spiro atoms. The molecular weight excluding hydrogens is 365 g/mol. The monoisotopic (exact) mass is 387 g/mol. The van der Waals surface area contributed by atoms with E-state index in [1.165, 1.54) is 6.07 Å². The molecule has 0 bridgehead atoms. The number of hydrogen-bond donors (Lipinski definition) is 1. The molecule has 0 aliphatic heterocycles. The maximum atomic E-state index is 14.6. The normalized spacial score (nSPS) is 11.0. The Morgan fingerprint density at radius 3 is 2.66 bits per heavy atom. The SMILES string of the molecule is CCCNC(=O)c1cc(F)c(C)c(-c2ccc3c(cnn3-c3ccccc3)c2)c1. The summed E-state index contributed by atoms with van der Waals surface area (Å²) in [4.78, 5) is 12.3. The molecule has 0 aliphatic rings. The summed E-state index contributed by atoms with van der Waals surface area (Å²) >= 11 is 0. The molecule has 146 valence electrons. The van der Waals surface area contributed by atoms with Gasteiger partial charge in [-0.05, 0) is 66.4 Å². The van der Waals surface area contributed by atoms with Gasteiger partial charge in [0.1, 0.15) is 5.82 Å². The van der Waals surface area contributed by atoms with Crippen LogP contribution in [0.4, 0.5) is 4.39 Å². The molecule has 0 fully saturated rings. The Bertz CT molecular complexity index is 1180. The van der Waals surface area contributed by atoms with E-state index in [9.17, 15) is 9.18 Å². The Morgan fingerprint density at radius 1 is 1.10 bits per heavy atom. The van der Waals surface area contributed by atoms with Crippen molar-refractivity contribution in [3.8, 4) is 16.8 Å². The van der Waals surface area contributed by atoms with Crippen molar-refractivity contribution in [1.82, 2.24) is 15.1 Å². The van der Waals surface area contributed by atoms with Crippen LogP contribution in [0, 0.1) is 12.7 Å². The lowest BCUT2D eigenvalue weighted by Gasteiger charge is -2.11. The van der Waals surface area contributed by atoms with Gasteiger partial charge in [-0.25, -0.2) is 9.07 Å². The van der Waals surface area contributed by atoms with Crippen molar-refractivity contribution in [2.24, 2.45) is 0 Å². The first kappa shape index (κ1) is 18.9. The summed E-state index contributed by atoms with van der Waals surface area (Å²) in [5.74, 6) is -0.644. The lowest BCUT2D eigenvalue weighted by atomic mass is 9.96. The highest BCUT2D eigenvalue weighted by atomic mass is 19.1. The smallest absolute Gasteiger partial charge is 0.251 e. The van der Waals surface area contributed by atoms with E-state index in [1.807, 2.05) is 60.1 Å². The van der Waals surface area contributed by atoms with E-state index in [0.717, 1.165) is 28.6 Å². The molecule has 0 atom stereocenters. The summed E-state index contributed by atoms with van der Waals surface area (Å²) < 4.78 is 16.4. The first-order valence-electron chi connectivity index (χ1n) is 9.70. The van der Waals surface area contributed by atoms with Gasteiger partial charge < -0.3 is 5.32 Å². The highest BCUT2D eigenvalue weighted by Crippen LogP contribution is 2.30. The Balaban J connectivity index is 1.77.